The lowest BCUT2D eigenvalue weighted by atomic mass is 10.2. The number of nitrogens with one attached hydrogen (secondary N) is 1. The number of aromatic nitrogens is 3. The monoisotopic (exact) mass is 231 g/mol. The van der Waals surface area contributed by atoms with Gasteiger partial charge in [-0.3, -0.25) is 0 Å². The molecule has 0 amide bonds. The van der Waals surface area contributed by atoms with Crippen molar-refractivity contribution in [1.82, 2.24) is 14.8 Å². The molecule has 0 aliphatic rings. The van der Waals surface area contributed by atoms with E-state index in [1.165, 1.54) is 5.56 Å². The standard InChI is InChI=1S/C12H17N5/c1-10(6-13)16-12-4-2-11(3-5-12)7-17-9-14-8-15-17/h2-5,8-10,16H,6-7,13H2,1H3. The van der Waals surface area contributed by atoms with Crippen molar-refractivity contribution in [3.8, 4) is 0 Å². The van der Waals surface area contributed by atoms with Gasteiger partial charge < -0.3 is 11.1 Å². The number of anilines is 1. The van der Waals surface area contributed by atoms with Crippen LogP contribution in [0.2, 0.25) is 0 Å². The van der Waals surface area contributed by atoms with E-state index in [1.807, 2.05) is 0 Å². The highest BCUT2D eigenvalue weighted by Gasteiger charge is 2.00. The fourth-order valence-corrected chi connectivity index (χ4v) is 1.55. The predicted molar refractivity (Wildman–Crippen MR) is 67.7 cm³/mol. The lowest BCUT2D eigenvalue weighted by Crippen LogP contribution is -2.25. The Kier molecular flexibility index (Phi) is 3.72. The van der Waals surface area contributed by atoms with E-state index in [2.05, 4.69) is 46.6 Å². The summed E-state index contributed by atoms with van der Waals surface area (Å²) in [6.45, 7) is 3.43. The van der Waals surface area contributed by atoms with Gasteiger partial charge in [-0.25, -0.2) is 9.67 Å². The van der Waals surface area contributed by atoms with Crippen molar-refractivity contribution in [2.24, 2.45) is 5.73 Å². The van der Waals surface area contributed by atoms with Crippen molar-refractivity contribution in [1.29, 1.82) is 0 Å². The summed E-state index contributed by atoms with van der Waals surface area (Å²) in [6, 6.07) is 8.55. The summed E-state index contributed by atoms with van der Waals surface area (Å²) in [6.07, 6.45) is 3.25. The predicted octanol–water partition coefficient (Wildman–Crippen LogP) is 1.09. The molecule has 1 heterocycles. The first-order valence-electron chi connectivity index (χ1n) is 5.66. The molecular formula is C12H17N5. The van der Waals surface area contributed by atoms with E-state index < -0.39 is 0 Å². The minimum absolute atomic E-state index is 0.288. The molecule has 1 aromatic carbocycles. The van der Waals surface area contributed by atoms with E-state index in [0.717, 1.165) is 12.2 Å². The maximum atomic E-state index is 5.56. The van der Waals surface area contributed by atoms with Gasteiger partial charge in [0.1, 0.15) is 12.7 Å². The highest BCUT2D eigenvalue weighted by molar-refractivity contribution is 5.45. The average Bonchev–Trinajstić information content (AvgIpc) is 2.84. The van der Waals surface area contributed by atoms with Crippen LogP contribution >= 0.6 is 0 Å². The molecule has 1 aromatic heterocycles. The largest absolute Gasteiger partial charge is 0.381 e. The van der Waals surface area contributed by atoms with Crippen LogP contribution in [0, 0.1) is 0 Å². The van der Waals surface area contributed by atoms with E-state index >= 15 is 0 Å². The maximum Gasteiger partial charge on any atom is 0.137 e. The Bertz CT molecular complexity index is 434. The van der Waals surface area contributed by atoms with Gasteiger partial charge >= 0.3 is 0 Å². The summed E-state index contributed by atoms with van der Waals surface area (Å²) in [7, 11) is 0. The molecule has 90 valence electrons. The Balaban J connectivity index is 1.98. The molecule has 0 spiro atoms. The molecule has 17 heavy (non-hydrogen) atoms. The summed E-state index contributed by atoms with van der Waals surface area (Å²) < 4.78 is 1.80. The molecule has 0 saturated heterocycles. The summed E-state index contributed by atoms with van der Waals surface area (Å²) >= 11 is 0. The van der Waals surface area contributed by atoms with Gasteiger partial charge in [0.15, 0.2) is 0 Å². The average molecular weight is 231 g/mol. The van der Waals surface area contributed by atoms with Crippen LogP contribution in [0.5, 0.6) is 0 Å². The minimum atomic E-state index is 0.288. The number of rotatable bonds is 5. The van der Waals surface area contributed by atoms with Crippen molar-refractivity contribution < 1.29 is 0 Å². The van der Waals surface area contributed by atoms with Crippen molar-refractivity contribution in [3.05, 3.63) is 42.5 Å². The Morgan fingerprint density at radius 3 is 2.71 bits per heavy atom. The second-order valence-corrected chi connectivity index (χ2v) is 4.07. The number of nitrogens with zero attached hydrogens (tertiary/aromatic N) is 3. The number of benzene rings is 1. The molecule has 1 atom stereocenters. The van der Waals surface area contributed by atoms with Gasteiger partial charge in [-0.2, -0.15) is 5.10 Å². The Morgan fingerprint density at radius 2 is 2.12 bits per heavy atom. The highest BCUT2D eigenvalue weighted by Crippen LogP contribution is 2.11. The molecule has 0 aliphatic heterocycles. The Hall–Kier alpha value is -1.88. The van der Waals surface area contributed by atoms with Crippen LogP contribution in [0.1, 0.15) is 12.5 Å². The van der Waals surface area contributed by atoms with Crippen LogP contribution in [-0.2, 0) is 6.54 Å². The number of hydrogen-bond acceptors (Lipinski definition) is 4. The molecule has 2 aromatic rings. The third-order valence-electron chi connectivity index (χ3n) is 2.53. The summed E-state index contributed by atoms with van der Waals surface area (Å²) in [4.78, 5) is 3.91. The van der Waals surface area contributed by atoms with Crippen LogP contribution in [0.15, 0.2) is 36.9 Å². The van der Waals surface area contributed by atoms with Gasteiger partial charge in [0.2, 0.25) is 0 Å². The van der Waals surface area contributed by atoms with Crippen LogP contribution in [0.25, 0.3) is 0 Å². The number of hydrogen-bond donors (Lipinski definition) is 2. The van der Waals surface area contributed by atoms with Gasteiger partial charge in [-0.15, -0.1) is 0 Å². The summed E-state index contributed by atoms with van der Waals surface area (Å²) in [5.74, 6) is 0. The van der Waals surface area contributed by atoms with Crippen molar-refractivity contribution in [3.63, 3.8) is 0 Å². The Labute approximate surface area is 101 Å². The maximum absolute atomic E-state index is 5.56. The topological polar surface area (TPSA) is 68.8 Å². The molecule has 0 radical (unpaired) electrons. The number of nitrogens with two attached hydrogens (primary N) is 1. The summed E-state index contributed by atoms with van der Waals surface area (Å²) in [5.41, 5.74) is 7.84. The van der Waals surface area contributed by atoms with Crippen LogP contribution in [0.3, 0.4) is 0 Å². The molecule has 0 fully saturated rings. The molecule has 0 aliphatic carbocycles. The lowest BCUT2D eigenvalue weighted by Gasteiger charge is -2.13. The first-order valence-corrected chi connectivity index (χ1v) is 5.66. The second kappa shape index (κ2) is 5.45. The van der Waals surface area contributed by atoms with E-state index in [0.29, 0.717) is 6.54 Å². The molecule has 3 N–H and O–H groups in total. The second-order valence-electron chi connectivity index (χ2n) is 4.07. The molecule has 0 saturated carbocycles. The van der Waals surface area contributed by atoms with Gasteiger partial charge in [0.05, 0.1) is 6.54 Å². The third-order valence-corrected chi connectivity index (χ3v) is 2.53. The molecule has 5 nitrogen and oxygen atoms in total. The molecule has 2 rings (SSSR count). The minimum Gasteiger partial charge on any atom is -0.381 e. The zero-order chi connectivity index (χ0) is 12.1. The Morgan fingerprint density at radius 1 is 1.35 bits per heavy atom. The highest BCUT2D eigenvalue weighted by atomic mass is 15.3. The first kappa shape index (κ1) is 11.6. The fraction of sp³-hybridized carbons (Fsp3) is 0.333. The van der Waals surface area contributed by atoms with Crippen molar-refractivity contribution >= 4 is 5.69 Å². The zero-order valence-corrected chi connectivity index (χ0v) is 9.87. The quantitative estimate of drug-likeness (QED) is 0.808. The van der Waals surface area contributed by atoms with E-state index in [-0.39, 0.29) is 6.04 Å². The van der Waals surface area contributed by atoms with E-state index in [1.54, 1.807) is 17.3 Å². The zero-order valence-electron chi connectivity index (χ0n) is 9.87. The molecule has 1 unspecified atom stereocenters. The van der Waals surface area contributed by atoms with Gasteiger partial charge in [0, 0.05) is 18.3 Å². The van der Waals surface area contributed by atoms with E-state index in [4.69, 9.17) is 5.73 Å². The van der Waals surface area contributed by atoms with E-state index in [9.17, 15) is 0 Å². The van der Waals surface area contributed by atoms with Crippen LogP contribution in [0.4, 0.5) is 5.69 Å². The smallest absolute Gasteiger partial charge is 0.137 e. The fourth-order valence-electron chi connectivity index (χ4n) is 1.55. The first-order chi connectivity index (χ1) is 8.28. The van der Waals surface area contributed by atoms with Crippen molar-refractivity contribution in [2.45, 2.75) is 19.5 Å². The van der Waals surface area contributed by atoms with Crippen LogP contribution < -0.4 is 11.1 Å². The van der Waals surface area contributed by atoms with Gasteiger partial charge in [-0.1, -0.05) is 12.1 Å². The third kappa shape index (κ3) is 3.29. The summed E-state index contributed by atoms with van der Waals surface area (Å²) in [5, 5.41) is 7.39. The lowest BCUT2D eigenvalue weighted by molar-refractivity contribution is 0.685. The molecule has 5 heteroatoms. The van der Waals surface area contributed by atoms with Gasteiger partial charge in [-0.05, 0) is 24.6 Å². The molecular weight excluding hydrogens is 214 g/mol. The van der Waals surface area contributed by atoms with Crippen LogP contribution in [-0.4, -0.2) is 27.4 Å². The normalized spacial score (nSPS) is 12.4. The SMILES string of the molecule is CC(CN)Nc1ccc(Cn2cncn2)cc1. The van der Waals surface area contributed by atoms with Crippen molar-refractivity contribution in [2.75, 3.05) is 11.9 Å². The van der Waals surface area contributed by atoms with Gasteiger partial charge in [0.25, 0.3) is 0 Å². The molecule has 0 bridgehead atoms.